The summed E-state index contributed by atoms with van der Waals surface area (Å²) < 4.78 is 25.0. The van der Waals surface area contributed by atoms with Gasteiger partial charge in [0.15, 0.2) is 5.69 Å². The Bertz CT molecular complexity index is 1050. The van der Waals surface area contributed by atoms with Crippen LogP contribution in [-0.4, -0.2) is 47.0 Å². The molecule has 0 bridgehead atoms. The lowest BCUT2D eigenvalue weighted by Crippen LogP contribution is -2.48. The molecule has 3 aromatic rings. The second-order valence-corrected chi connectivity index (χ2v) is 7.90. The van der Waals surface area contributed by atoms with Gasteiger partial charge < -0.3 is 14.2 Å². The first-order chi connectivity index (χ1) is 15.0. The van der Waals surface area contributed by atoms with E-state index in [2.05, 4.69) is 10.1 Å². The summed E-state index contributed by atoms with van der Waals surface area (Å²) in [6.07, 6.45) is 0. The highest BCUT2D eigenvalue weighted by Gasteiger charge is 2.28. The van der Waals surface area contributed by atoms with Gasteiger partial charge in [-0.25, -0.2) is 4.39 Å². The van der Waals surface area contributed by atoms with Crippen LogP contribution in [0.5, 0.6) is 5.75 Å². The van der Waals surface area contributed by atoms with Crippen molar-refractivity contribution in [1.82, 2.24) is 15.0 Å². The summed E-state index contributed by atoms with van der Waals surface area (Å²) in [5.74, 6) is 0.808. The standard InChI is InChI=1S/C23H23ClFN3O3/c1-16-20(15-30-19-8-6-18(24)7-9-19)22(26-31-16)23(29)28-12-10-27(11-13-28)14-17-4-2-3-5-21(17)25/h2-9H,10-15H2,1H3. The number of amides is 1. The lowest BCUT2D eigenvalue weighted by molar-refractivity contribution is 0.0615. The van der Waals surface area contributed by atoms with Crippen LogP contribution in [-0.2, 0) is 13.2 Å². The number of hydrogen-bond acceptors (Lipinski definition) is 5. The van der Waals surface area contributed by atoms with Crippen LogP contribution in [0.15, 0.2) is 53.1 Å². The van der Waals surface area contributed by atoms with Crippen LogP contribution in [0.1, 0.15) is 27.4 Å². The zero-order chi connectivity index (χ0) is 21.8. The van der Waals surface area contributed by atoms with Gasteiger partial charge in [0.25, 0.3) is 5.91 Å². The molecule has 6 nitrogen and oxygen atoms in total. The van der Waals surface area contributed by atoms with Gasteiger partial charge in [0.05, 0.1) is 5.56 Å². The van der Waals surface area contributed by atoms with E-state index in [0.29, 0.717) is 60.4 Å². The van der Waals surface area contributed by atoms with E-state index in [1.807, 2.05) is 6.07 Å². The van der Waals surface area contributed by atoms with Crippen molar-refractivity contribution in [2.24, 2.45) is 0 Å². The van der Waals surface area contributed by atoms with E-state index in [0.717, 1.165) is 0 Å². The molecule has 162 valence electrons. The van der Waals surface area contributed by atoms with Crippen molar-refractivity contribution in [3.05, 3.63) is 82.0 Å². The maximum absolute atomic E-state index is 13.9. The molecule has 2 heterocycles. The summed E-state index contributed by atoms with van der Waals surface area (Å²) in [5.41, 5.74) is 1.57. The van der Waals surface area contributed by atoms with Crippen molar-refractivity contribution >= 4 is 17.5 Å². The van der Waals surface area contributed by atoms with Crippen LogP contribution in [0.4, 0.5) is 4.39 Å². The van der Waals surface area contributed by atoms with Gasteiger partial charge in [-0.2, -0.15) is 0 Å². The second-order valence-electron chi connectivity index (χ2n) is 7.47. The predicted octanol–water partition coefficient (Wildman–Crippen LogP) is 4.31. The molecule has 1 saturated heterocycles. The predicted molar refractivity (Wildman–Crippen MR) is 115 cm³/mol. The number of ether oxygens (including phenoxy) is 1. The van der Waals surface area contributed by atoms with Crippen LogP contribution in [0.3, 0.4) is 0 Å². The third-order valence-electron chi connectivity index (χ3n) is 5.40. The minimum atomic E-state index is -0.204. The van der Waals surface area contributed by atoms with E-state index in [1.54, 1.807) is 48.2 Å². The molecule has 4 rings (SSSR count). The van der Waals surface area contributed by atoms with Gasteiger partial charge in [0, 0.05) is 43.3 Å². The van der Waals surface area contributed by atoms with E-state index >= 15 is 0 Å². The molecule has 2 aromatic carbocycles. The quantitative estimate of drug-likeness (QED) is 0.568. The first kappa shape index (κ1) is 21.3. The monoisotopic (exact) mass is 443 g/mol. The van der Waals surface area contributed by atoms with Crippen LogP contribution in [0.2, 0.25) is 5.02 Å². The van der Waals surface area contributed by atoms with E-state index in [4.69, 9.17) is 20.9 Å². The Labute approximate surface area is 185 Å². The Morgan fingerprint density at radius 1 is 1.13 bits per heavy atom. The van der Waals surface area contributed by atoms with Gasteiger partial charge >= 0.3 is 0 Å². The fourth-order valence-electron chi connectivity index (χ4n) is 3.54. The van der Waals surface area contributed by atoms with Gasteiger partial charge in [-0.15, -0.1) is 0 Å². The van der Waals surface area contributed by atoms with Crippen LogP contribution < -0.4 is 4.74 Å². The average molecular weight is 444 g/mol. The van der Waals surface area contributed by atoms with Crippen LogP contribution >= 0.6 is 11.6 Å². The molecular formula is C23H23ClFN3O3. The SMILES string of the molecule is Cc1onc(C(=O)N2CCN(Cc3ccccc3F)CC2)c1COc1ccc(Cl)cc1. The van der Waals surface area contributed by atoms with Crippen LogP contribution in [0.25, 0.3) is 0 Å². The van der Waals surface area contributed by atoms with E-state index in [-0.39, 0.29) is 24.0 Å². The number of nitrogens with zero attached hydrogens (tertiary/aromatic N) is 3. The highest BCUT2D eigenvalue weighted by molar-refractivity contribution is 6.30. The Hall–Kier alpha value is -2.90. The minimum absolute atomic E-state index is 0.172. The molecule has 1 aromatic heterocycles. The van der Waals surface area contributed by atoms with Gasteiger partial charge in [0.2, 0.25) is 0 Å². The summed E-state index contributed by atoms with van der Waals surface area (Å²) in [6.45, 7) is 4.86. The summed E-state index contributed by atoms with van der Waals surface area (Å²) in [5, 5.41) is 4.61. The molecule has 1 aliphatic heterocycles. The number of aromatic nitrogens is 1. The molecule has 0 saturated carbocycles. The smallest absolute Gasteiger partial charge is 0.276 e. The summed E-state index contributed by atoms with van der Waals surface area (Å²) >= 11 is 5.90. The Kier molecular flexibility index (Phi) is 6.53. The molecular weight excluding hydrogens is 421 g/mol. The fourth-order valence-corrected chi connectivity index (χ4v) is 3.67. The molecule has 0 N–H and O–H groups in total. The number of aryl methyl sites for hydroxylation is 1. The summed E-state index contributed by atoms with van der Waals surface area (Å²) in [4.78, 5) is 17.0. The topological polar surface area (TPSA) is 58.8 Å². The molecule has 0 radical (unpaired) electrons. The van der Waals surface area contributed by atoms with E-state index in [1.165, 1.54) is 6.07 Å². The van der Waals surface area contributed by atoms with Crippen molar-refractivity contribution in [3.8, 4) is 5.75 Å². The van der Waals surface area contributed by atoms with Crippen molar-refractivity contribution in [1.29, 1.82) is 0 Å². The number of piperazine rings is 1. The van der Waals surface area contributed by atoms with Crippen molar-refractivity contribution in [3.63, 3.8) is 0 Å². The molecule has 1 aliphatic rings. The maximum Gasteiger partial charge on any atom is 0.276 e. The number of rotatable bonds is 6. The van der Waals surface area contributed by atoms with E-state index in [9.17, 15) is 9.18 Å². The molecule has 1 fully saturated rings. The number of carbonyl (C=O) groups is 1. The van der Waals surface area contributed by atoms with E-state index < -0.39 is 0 Å². The molecule has 0 aliphatic carbocycles. The average Bonchev–Trinajstić information content (AvgIpc) is 3.15. The number of halogens is 2. The second kappa shape index (κ2) is 9.49. The van der Waals surface area contributed by atoms with Gasteiger partial charge in [-0.3, -0.25) is 9.69 Å². The highest BCUT2D eigenvalue weighted by Crippen LogP contribution is 2.21. The molecule has 0 spiro atoms. The summed E-state index contributed by atoms with van der Waals surface area (Å²) in [7, 11) is 0. The lowest BCUT2D eigenvalue weighted by Gasteiger charge is -2.34. The summed E-state index contributed by atoms with van der Waals surface area (Å²) in [6, 6.07) is 13.8. The van der Waals surface area contributed by atoms with Crippen LogP contribution in [0, 0.1) is 12.7 Å². The van der Waals surface area contributed by atoms with Crippen molar-refractivity contribution in [2.45, 2.75) is 20.1 Å². The van der Waals surface area contributed by atoms with Gasteiger partial charge in [-0.05, 0) is 37.3 Å². The van der Waals surface area contributed by atoms with Crippen molar-refractivity contribution in [2.75, 3.05) is 26.2 Å². The molecule has 31 heavy (non-hydrogen) atoms. The molecule has 0 unspecified atom stereocenters. The third kappa shape index (κ3) is 5.06. The molecule has 8 heteroatoms. The zero-order valence-electron chi connectivity index (χ0n) is 17.2. The Balaban J connectivity index is 1.37. The number of hydrogen-bond donors (Lipinski definition) is 0. The number of benzene rings is 2. The van der Waals surface area contributed by atoms with Gasteiger partial charge in [0.1, 0.15) is 23.9 Å². The van der Waals surface area contributed by atoms with Crippen molar-refractivity contribution < 1.29 is 18.4 Å². The maximum atomic E-state index is 13.9. The lowest BCUT2D eigenvalue weighted by atomic mass is 10.1. The Morgan fingerprint density at radius 2 is 1.84 bits per heavy atom. The highest BCUT2D eigenvalue weighted by atomic mass is 35.5. The first-order valence-electron chi connectivity index (χ1n) is 10.1. The molecule has 0 atom stereocenters. The third-order valence-corrected chi connectivity index (χ3v) is 5.65. The number of carbonyl (C=O) groups excluding carboxylic acids is 1. The fraction of sp³-hybridized carbons (Fsp3) is 0.304. The minimum Gasteiger partial charge on any atom is -0.489 e. The largest absolute Gasteiger partial charge is 0.489 e. The normalized spacial score (nSPS) is 14.6. The zero-order valence-corrected chi connectivity index (χ0v) is 17.9. The Morgan fingerprint density at radius 3 is 2.55 bits per heavy atom. The first-order valence-corrected chi connectivity index (χ1v) is 10.5. The van der Waals surface area contributed by atoms with Gasteiger partial charge in [-0.1, -0.05) is 35.0 Å². The molecule has 1 amide bonds.